The van der Waals surface area contributed by atoms with Gasteiger partial charge in [0, 0.05) is 56.9 Å². The van der Waals surface area contributed by atoms with Crippen molar-refractivity contribution in [2.45, 2.75) is 52.4 Å². The summed E-state index contributed by atoms with van der Waals surface area (Å²) < 4.78 is 28.9. The molecule has 0 aliphatic carbocycles. The summed E-state index contributed by atoms with van der Waals surface area (Å²) in [4.78, 5) is 11.8. The normalized spacial score (nSPS) is 21.9. The summed E-state index contributed by atoms with van der Waals surface area (Å²) in [5, 5.41) is 0. The molecule has 1 aromatic heterocycles. The first-order valence-electron chi connectivity index (χ1n) is 9.72. The lowest BCUT2D eigenvalue weighted by molar-refractivity contribution is 0.283. The number of fused-ring (bicyclic) bond motifs is 1. The summed E-state index contributed by atoms with van der Waals surface area (Å²) >= 11 is 0. The Morgan fingerprint density at radius 3 is 2.58 bits per heavy atom. The maximum absolute atomic E-state index is 12.9. The zero-order chi connectivity index (χ0) is 18.9. The van der Waals surface area contributed by atoms with Crippen molar-refractivity contribution in [3.8, 4) is 0 Å². The van der Waals surface area contributed by atoms with E-state index in [4.69, 9.17) is 9.97 Å². The van der Waals surface area contributed by atoms with Crippen molar-refractivity contribution in [1.82, 2.24) is 18.6 Å². The molecule has 8 heteroatoms. The van der Waals surface area contributed by atoms with Gasteiger partial charge in [0.05, 0.1) is 0 Å². The Morgan fingerprint density at radius 1 is 1.15 bits per heavy atom. The van der Waals surface area contributed by atoms with Gasteiger partial charge in [-0.15, -0.1) is 0 Å². The Hall–Kier alpha value is -1.25. The molecule has 1 atom stereocenters. The molecule has 0 saturated carbocycles. The number of aromatic nitrogens is 2. The average Bonchev–Trinajstić information content (AvgIpc) is 2.63. The number of anilines is 1. The molecule has 1 fully saturated rings. The van der Waals surface area contributed by atoms with Crippen LogP contribution in [0.2, 0.25) is 0 Å². The van der Waals surface area contributed by atoms with Crippen LogP contribution >= 0.6 is 0 Å². The van der Waals surface area contributed by atoms with Gasteiger partial charge in [-0.05, 0) is 32.6 Å². The molecule has 0 N–H and O–H groups in total. The molecule has 7 nitrogen and oxygen atoms in total. The molecule has 0 radical (unpaired) electrons. The number of rotatable bonds is 5. The molecule has 0 amide bonds. The number of aryl methyl sites for hydroxylation is 1. The van der Waals surface area contributed by atoms with Crippen molar-refractivity contribution in [1.29, 1.82) is 0 Å². The van der Waals surface area contributed by atoms with E-state index in [1.54, 1.807) is 4.31 Å². The van der Waals surface area contributed by atoms with Gasteiger partial charge in [-0.25, -0.2) is 9.97 Å². The molecule has 3 rings (SSSR count). The lowest BCUT2D eigenvalue weighted by Crippen LogP contribution is -2.47. The zero-order valence-electron chi connectivity index (χ0n) is 16.4. The largest absolute Gasteiger partial charge is 0.359 e. The minimum Gasteiger partial charge on any atom is -0.359 e. The van der Waals surface area contributed by atoms with E-state index in [-0.39, 0.29) is 5.92 Å². The van der Waals surface area contributed by atoms with E-state index in [0.717, 1.165) is 49.6 Å². The highest BCUT2D eigenvalue weighted by molar-refractivity contribution is 7.86. The highest BCUT2D eigenvalue weighted by Crippen LogP contribution is 2.32. The fraction of sp³-hybridized carbons (Fsp3) is 0.778. The first kappa shape index (κ1) is 19.5. The quantitative estimate of drug-likeness (QED) is 0.779. The fourth-order valence-corrected chi connectivity index (χ4v) is 5.78. The molecule has 0 unspecified atom stereocenters. The third-order valence-corrected chi connectivity index (χ3v) is 7.75. The number of nitrogens with zero attached hydrogens (tertiary/aromatic N) is 5. The van der Waals surface area contributed by atoms with Crippen LogP contribution in [-0.2, 0) is 16.6 Å². The SMILES string of the molecule is CCN(CC)S(=O)(=O)N1CCC[C@H](c2nc(C)c3c(n2)N(C)CCC3)C1. The lowest BCUT2D eigenvalue weighted by atomic mass is 9.97. The summed E-state index contributed by atoms with van der Waals surface area (Å²) in [7, 11) is -1.33. The van der Waals surface area contributed by atoms with Crippen molar-refractivity contribution in [2.24, 2.45) is 0 Å². The third kappa shape index (κ3) is 3.59. The summed E-state index contributed by atoms with van der Waals surface area (Å²) in [6, 6.07) is 0. The molecule has 1 aromatic rings. The first-order valence-corrected chi connectivity index (χ1v) is 11.1. The molecule has 2 aliphatic rings. The van der Waals surface area contributed by atoms with Gasteiger partial charge in [-0.2, -0.15) is 17.0 Å². The van der Waals surface area contributed by atoms with Gasteiger partial charge in [0.25, 0.3) is 10.2 Å². The minimum atomic E-state index is -3.40. The van der Waals surface area contributed by atoms with Crippen LogP contribution in [0.1, 0.15) is 56.1 Å². The molecule has 0 aromatic carbocycles. The summed E-state index contributed by atoms with van der Waals surface area (Å²) in [6.45, 7) is 8.88. The van der Waals surface area contributed by atoms with E-state index in [0.29, 0.717) is 26.2 Å². The number of hydrogen-bond donors (Lipinski definition) is 0. The van der Waals surface area contributed by atoms with Crippen LogP contribution in [0, 0.1) is 6.92 Å². The van der Waals surface area contributed by atoms with E-state index in [1.807, 2.05) is 13.8 Å². The third-order valence-electron chi connectivity index (χ3n) is 5.60. The minimum absolute atomic E-state index is 0.0633. The van der Waals surface area contributed by atoms with Gasteiger partial charge in [0.1, 0.15) is 11.6 Å². The molecular formula is C18H31N5O2S. The van der Waals surface area contributed by atoms with Crippen LogP contribution in [0.25, 0.3) is 0 Å². The van der Waals surface area contributed by atoms with E-state index in [1.165, 1.54) is 9.87 Å². The Bertz CT molecular complexity index is 748. The Morgan fingerprint density at radius 2 is 1.88 bits per heavy atom. The summed E-state index contributed by atoms with van der Waals surface area (Å²) in [5.41, 5.74) is 2.28. The van der Waals surface area contributed by atoms with E-state index >= 15 is 0 Å². The monoisotopic (exact) mass is 381 g/mol. The van der Waals surface area contributed by atoms with Gasteiger partial charge < -0.3 is 4.90 Å². The zero-order valence-corrected chi connectivity index (χ0v) is 17.2. The predicted octanol–water partition coefficient (Wildman–Crippen LogP) is 1.93. The molecule has 3 heterocycles. The molecule has 26 heavy (non-hydrogen) atoms. The van der Waals surface area contributed by atoms with Crippen molar-refractivity contribution in [3.63, 3.8) is 0 Å². The van der Waals surface area contributed by atoms with Gasteiger partial charge >= 0.3 is 0 Å². The maximum Gasteiger partial charge on any atom is 0.281 e. The van der Waals surface area contributed by atoms with Gasteiger partial charge in [-0.1, -0.05) is 13.8 Å². The fourth-order valence-electron chi connectivity index (χ4n) is 4.07. The van der Waals surface area contributed by atoms with Crippen molar-refractivity contribution < 1.29 is 8.42 Å². The Kier molecular flexibility index (Phi) is 5.84. The summed E-state index contributed by atoms with van der Waals surface area (Å²) in [6.07, 6.45) is 3.94. The second-order valence-electron chi connectivity index (χ2n) is 7.28. The van der Waals surface area contributed by atoms with Crippen LogP contribution in [-0.4, -0.2) is 66.8 Å². The predicted molar refractivity (Wildman–Crippen MR) is 104 cm³/mol. The second kappa shape index (κ2) is 7.78. The van der Waals surface area contributed by atoms with Crippen LogP contribution in [0.15, 0.2) is 0 Å². The van der Waals surface area contributed by atoms with Crippen LogP contribution < -0.4 is 4.90 Å². The van der Waals surface area contributed by atoms with Crippen molar-refractivity contribution in [3.05, 3.63) is 17.1 Å². The Labute approximate surface area is 157 Å². The maximum atomic E-state index is 12.9. The van der Waals surface area contributed by atoms with Crippen LogP contribution in [0.5, 0.6) is 0 Å². The van der Waals surface area contributed by atoms with Crippen molar-refractivity contribution >= 4 is 16.0 Å². The number of hydrogen-bond acceptors (Lipinski definition) is 5. The lowest BCUT2D eigenvalue weighted by Gasteiger charge is -2.35. The average molecular weight is 382 g/mol. The van der Waals surface area contributed by atoms with E-state index in [9.17, 15) is 8.42 Å². The smallest absolute Gasteiger partial charge is 0.281 e. The first-order chi connectivity index (χ1) is 12.4. The molecular weight excluding hydrogens is 350 g/mol. The standard InChI is InChI=1S/C18H31N5O2S/c1-5-22(6-2)26(24,25)23-12-7-9-15(13-23)17-19-14(3)16-10-8-11-21(4)18(16)20-17/h15H,5-13H2,1-4H3/t15-/m0/s1. The molecule has 146 valence electrons. The van der Waals surface area contributed by atoms with E-state index in [2.05, 4.69) is 18.9 Å². The molecule has 0 bridgehead atoms. The number of piperidine rings is 1. The molecule has 0 spiro atoms. The van der Waals surface area contributed by atoms with Gasteiger partial charge in [0.2, 0.25) is 0 Å². The van der Waals surface area contributed by atoms with Crippen LogP contribution in [0.4, 0.5) is 5.82 Å². The topological polar surface area (TPSA) is 69.6 Å². The molecule has 2 aliphatic heterocycles. The van der Waals surface area contributed by atoms with Gasteiger partial charge in [0.15, 0.2) is 0 Å². The highest BCUT2D eigenvalue weighted by Gasteiger charge is 2.34. The second-order valence-corrected chi connectivity index (χ2v) is 9.21. The Balaban J connectivity index is 1.86. The van der Waals surface area contributed by atoms with E-state index < -0.39 is 10.2 Å². The van der Waals surface area contributed by atoms with Gasteiger partial charge in [-0.3, -0.25) is 0 Å². The van der Waals surface area contributed by atoms with Crippen LogP contribution in [0.3, 0.4) is 0 Å². The summed E-state index contributed by atoms with van der Waals surface area (Å²) in [5.74, 6) is 1.89. The highest BCUT2D eigenvalue weighted by atomic mass is 32.2. The van der Waals surface area contributed by atoms with Crippen molar-refractivity contribution in [2.75, 3.05) is 44.7 Å². The molecule has 1 saturated heterocycles.